The molecule has 5 heteroatoms. The van der Waals surface area contributed by atoms with E-state index in [2.05, 4.69) is 5.32 Å². The van der Waals surface area contributed by atoms with Crippen molar-refractivity contribution >= 4 is 5.91 Å². The van der Waals surface area contributed by atoms with Crippen LogP contribution in [0.3, 0.4) is 0 Å². The van der Waals surface area contributed by atoms with Gasteiger partial charge in [-0.3, -0.25) is 4.79 Å². The third kappa shape index (κ3) is 3.05. The summed E-state index contributed by atoms with van der Waals surface area (Å²) in [5, 5.41) is 12.4. The minimum Gasteiger partial charge on any atom is -0.508 e. The number of phenols is 1. The fourth-order valence-corrected chi connectivity index (χ4v) is 2.35. The van der Waals surface area contributed by atoms with Crippen LogP contribution in [-0.4, -0.2) is 36.3 Å². The number of benzene rings is 1. The summed E-state index contributed by atoms with van der Waals surface area (Å²) in [4.78, 5) is 12.3. The first-order valence-electron chi connectivity index (χ1n) is 6.46. The summed E-state index contributed by atoms with van der Waals surface area (Å²) in [6.45, 7) is 3.44. The standard InChI is InChI=1S/C14H20N2O3/c1-10-8-11(17)2-3-12(10)13(18)16-14(9-15)4-6-19-7-5-14/h2-3,8,17H,4-7,9,15H2,1H3,(H,16,18). The molecule has 0 aromatic heterocycles. The van der Waals surface area contributed by atoms with Crippen molar-refractivity contribution in [1.29, 1.82) is 0 Å². The third-order valence-corrected chi connectivity index (χ3v) is 3.67. The molecule has 1 aromatic rings. The number of amides is 1. The summed E-state index contributed by atoms with van der Waals surface area (Å²) in [6.07, 6.45) is 1.46. The van der Waals surface area contributed by atoms with Crippen LogP contribution in [-0.2, 0) is 4.74 Å². The number of hydrogen-bond acceptors (Lipinski definition) is 4. The molecule has 1 aliphatic heterocycles. The van der Waals surface area contributed by atoms with E-state index in [0.29, 0.717) is 25.3 Å². The lowest BCUT2D eigenvalue weighted by molar-refractivity contribution is 0.0388. The van der Waals surface area contributed by atoms with Crippen molar-refractivity contribution in [2.24, 2.45) is 5.73 Å². The molecule has 5 nitrogen and oxygen atoms in total. The van der Waals surface area contributed by atoms with Gasteiger partial charge in [-0.25, -0.2) is 0 Å². The molecule has 0 unspecified atom stereocenters. The van der Waals surface area contributed by atoms with E-state index in [4.69, 9.17) is 10.5 Å². The van der Waals surface area contributed by atoms with Crippen LogP contribution in [0.2, 0.25) is 0 Å². The Labute approximate surface area is 112 Å². The highest BCUT2D eigenvalue weighted by molar-refractivity contribution is 5.96. The van der Waals surface area contributed by atoms with E-state index in [1.54, 1.807) is 19.1 Å². The number of carbonyl (C=O) groups excluding carboxylic acids is 1. The Kier molecular flexibility index (Phi) is 4.07. The van der Waals surface area contributed by atoms with Gasteiger partial charge in [0.1, 0.15) is 5.75 Å². The van der Waals surface area contributed by atoms with Gasteiger partial charge < -0.3 is 20.9 Å². The van der Waals surface area contributed by atoms with Gasteiger partial charge in [0, 0.05) is 25.3 Å². The van der Waals surface area contributed by atoms with Crippen LogP contribution in [0, 0.1) is 6.92 Å². The smallest absolute Gasteiger partial charge is 0.252 e. The molecule has 0 spiro atoms. The molecule has 19 heavy (non-hydrogen) atoms. The summed E-state index contributed by atoms with van der Waals surface area (Å²) < 4.78 is 5.31. The van der Waals surface area contributed by atoms with Gasteiger partial charge in [0.25, 0.3) is 5.91 Å². The zero-order valence-electron chi connectivity index (χ0n) is 11.1. The van der Waals surface area contributed by atoms with Crippen molar-refractivity contribution in [3.05, 3.63) is 29.3 Å². The molecule has 0 aliphatic carbocycles. The van der Waals surface area contributed by atoms with Crippen LogP contribution in [0.5, 0.6) is 5.75 Å². The molecule has 1 saturated heterocycles. The highest BCUT2D eigenvalue weighted by atomic mass is 16.5. The van der Waals surface area contributed by atoms with Crippen LogP contribution in [0.15, 0.2) is 18.2 Å². The van der Waals surface area contributed by atoms with Gasteiger partial charge in [-0.05, 0) is 43.5 Å². The lowest BCUT2D eigenvalue weighted by Gasteiger charge is -2.37. The first-order valence-corrected chi connectivity index (χ1v) is 6.46. The van der Waals surface area contributed by atoms with Crippen LogP contribution in [0.1, 0.15) is 28.8 Å². The molecular formula is C14H20N2O3. The van der Waals surface area contributed by atoms with Gasteiger partial charge in [0.2, 0.25) is 0 Å². The monoisotopic (exact) mass is 264 g/mol. The maximum absolute atomic E-state index is 12.3. The van der Waals surface area contributed by atoms with Crippen molar-refractivity contribution in [2.45, 2.75) is 25.3 Å². The van der Waals surface area contributed by atoms with Crippen LogP contribution in [0.25, 0.3) is 0 Å². The summed E-state index contributed by atoms with van der Waals surface area (Å²) in [6, 6.07) is 4.72. The quantitative estimate of drug-likeness (QED) is 0.758. The molecule has 0 saturated carbocycles. The van der Waals surface area contributed by atoms with Crippen molar-refractivity contribution in [1.82, 2.24) is 5.32 Å². The van der Waals surface area contributed by atoms with Gasteiger partial charge in [-0.2, -0.15) is 0 Å². The van der Waals surface area contributed by atoms with E-state index >= 15 is 0 Å². The zero-order chi connectivity index (χ0) is 13.9. The average Bonchev–Trinajstić information content (AvgIpc) is 2.39. The van der Waals surface area contributed by atoms with Crippen molar-refractivity contribution in [3.8, 4) is 5.75 Å². The molecule has 4 N–H and O–H groups in total. The second-order valence-corrected chi connectivity index (χ2v) is 5.05. The van der Waals surface area contributed by atoms with Gasteiger partial charge >= 0.3 is 0 Å². The Balaban J connectivity index is 2.15. The minimum atomic E-state index is -0.375. The Hall–Kier alpha value is -1.59. The van der Waals surface area contributed by atoms with Crippen LogP contribution >= 0.6 is 0 Å². The largest absolute Gasteiger partial charge is 0.508 e. The van der Waals surface area contributed by atoms with Gasteiger partial charge in [-0.1, -0.05) is 0 Å². The Morgan fingerprint density at radius 3 is 2.74 bits per heavy atom. The summed E-state index contributed by atoms with van der Waals surface area (Å²) in [5.41, 5.74) is 6.75. The molecule has 0 bridgehead atoms. The molecule has 104 valence electrons. The van der Waals surface area contributed by atoms with Crippen molar-refractivity contribution in [2.75, 3.05) is 19.8 Å². The molecule has 2 rings (SSSR count). The summed E-state index contributed by atoms with van der Waals surface area (Å²) >= 11 is 0. The number of aryl methyl sites for hydroxylation is 1. The van der Waals surface area contributed by atoms with Crippen molar-refractivity contribution < 1.29 is 14.6 Å². The average molecular weight is 264 g/mol. The molecule has 1 fully saturated rings. The molecule has 1 heterocycles. The molecule has 0 radical (unpaired) electrons. The van der Waals surface area contributed by atoms with Gasteiger partial charge in [-0.15, -0.1) is 0 Å². The Morgan fingerprint density at radius 1 is 1.47 bits per heavy atom. The maximum atomic E-state index is 12.3. The first-order chi connectivity index (χ1) is 9.06. The minimum absolute atomic E-state index is 0.148. The highest BCUT2D eigenvalue weighted by Gasteiger charge is 2.33. The van der Waals surface area contributed by atoms with E-state index in [1.165, 1.54) is 6.07 Å². The summed E-state index contributed by atoms with van der Waals surface area (Å²) in [7, 11) is 0. The number of nitrogens with one attached hydrogen (secondary N) is 1. The highest BCUT2D eigenvalue weighted by Crippen LogP contribution is 2.21. The normalized spacial score (nSPS) is 18.0. The second kappa shape index (κ2) is 5.59. The predicted octanol–water partition coefficient (Wildman–Crippen LogP) is 0.938. The third-order valence-electron chi connectivity index (χ3n) is 3.67. The molecule has 0 atom stereocenters. The lowest BCUT2D eigenvalue weighted by Crippen LogP contribution is -2.56. The van der Waals surface area contributed by atoms with E-state index in [9.17, 15) is 9.90 Å². The van der Waals surface area contributed by atoms with E-state index in [-0.39, 0.29) is 17.2 Å². The SMILES string of the molecule is Cc1cc(O)ccc1C(=O)NC1(CN)CCOCC1. The number of nitrogens with two attached hydrogens (primary N) is 1. The van der Waals surface area contributed by atoms with Crippen LogP contribution in [0.4, 0.5) is 0 Å². The molecule has 1 aromatic carbocycles. The number of hydrogen-bond donors (Lipinski definition) is 3. The number of carbonyl (C=O) groups is 1. The molecule has 1 amide bonds. The van der Waals surface area contributed by atoms with Crippen molar-refractivity contribution in [3.63, 3.8) is 0 Å². The maximum Gasteiger partial charge on any atom is 0.252 e. The van der Waals surface area contributed by atoms with E-state index < -0.39 is 0 Å². The van der Waals surface area contributed by atoms with Gasteiger partial charge in [0.05, 0.1) is 5.54 Å². The number of rotatable bonds is 3. The fourth-order valence-electron chi connectivity index (χ4n) is 2.35. The zero-order valence-corrected chi connectivity index (χ0v) is 11.1. The lowest BCUT2D eigenvalue weighted by atomic mass is 9.89. The number of ether oxygens (including phenoxy) is 1. The fraction of sp³-hybridized carbons (Fsp3) is 0.500. The summed E-state index contributed by atoms with van der Waals surface area (Å²) in [5.74, 6) is 0.0125. The second-order valence-electron chi connectivity index (χ2n) is 5.05. The Bertz CT molecular complexity index is 468. The van der Waals surface area contributed by atoms with E-state index in [1.807, 2.05) is 0 Å². The van der Waals surface area contributed by atoms with Gasteiger partial charge in [0.15, 0.2) is 0 Å². The molecule has 1 aliphatic rings. The Morgan fingerprint density at radius 2 is 2.16 bits per heavy atom. The van der Waals surface area contributed by atoms with Crippen LogP contribution < -0.4 is 11.1 Å². The van der Waals surface area contributed by atoms with E-state index in [0.717, 1.165) is 18.4 Å². The first kappa shape index (κ1) is 13.8. The number of aromatic hydroxyl groups is 1. The topological polar surface area (TPSA) is 84.6 Å². The number of phenolic OH excluding ortho intramolecular Hbond substituents is 1. The molecular weight excluding hydrogens is 244 g/mol. The predicted molar refractivity (Wildman–Crippen MR) is 72.1 cm³/mol.